The van der Waals surface area contributed by atoms with Crippen molar-refractivity contribution < 1.29 is 14.3 Å². The summed E-state index contributed by atoms with van der Waals surface area (Å²) in [5, 5.41) is 13.2. The Labute approximate surface area is 202 Å². The average molecular weight is 551 g/mol. The molecule has 0 aliphatic carbocycles. The SMILES string of the molecule is O=C(O)[C@H](c1ccccc1)N1CCC(C(F)(I)CCCCc2ccc3c(n2)NCCC3)C1. The highest BCUT2D eigenvalue weighted by molar-refractivity contribution is 14.1. The summed E-state index contributed by atoms with van der Waals surface area (Å²) >= 11 is 1.96. The number of aliphatic carboxylic acids is 1. The maximum absolute atomic E-state index is 15.6. The van der Waals surface area contributed by atoms with Crippen LogP contribution in [0.15, 0.2) is 42.5 Å². The second-order valence-electron chi connectivity index (χ2n) is 8.94. The first-order valence-electron chi connectivity index (χ1n) is 11.6. The Kier molecular flexibility index (Phi) is 7.66. The number of pyridine rings is 1. The number of hydrogen-bond donors (Lipinski definition) is 2. The molecule has 3 atom stereocenters. The number of aryl methyl sites for hydroxylation is 2. The van der Waals surface area contributed by atoms with Crippen LogP contribution in [0.1, 0.15) is 55.0 Å². The zero-order valence-electron chi connectivity index (χ0n) is 18.3. The second kappa shape index (κ2) is 10.5. The van der Waals surface area contributed by atoms with E-state index in [0.717, 1.165) is 55.7 Å². The molecular weight excluding hydrogens is 520 g/mol. The lowest BCUT2D eigenvalue weighted by atomic mass is 9.97. The first-order chi connectivity index (χ1) is 15.4. The van der Waals surface area contributed by atoms with Gasteiger partial charge in [-0.2, -0.15) is 0 Å². The van der Waals surface area contributed by atoms with Gasteiger partial charge in [0.2, 0.25) is 0 Å². The highest BCUT2D eigenvalue weighted by Gasteiger charge is 2.43. The fourth-order valence-electron chi connectivity index (χ4n) is 4.89. The van der Waals surface area contributed by atoms with Crippen molar-refractivity contribution in [3.05, 3.63) is 59.3 Å². The number of aromatic nitrogens is 1. The normalized spacial score (nSPS) is 21.4. The first-order valence-corrected chi connectivity index (χ1v) is 12.6. The Hall–Kier alpha value is -1.74. The molecule has 1 aromatic carbocycles. The van der Waals surface area contributed by atoms with E-state index in [4.69, 9.17) is 4.98 Å². The highest BCUT2D eigenvalue weighted by Crippen LogP contribution is 2.42. The maximum Gasteiger partial charge on any atom is 0.325 e. The van der Waals surface area contributed by atoms with Crippen LogP contribution in [0.3, 0.4) is 0 Å². The van der Waals surface area contributed by atoms with Gasteiger partial charge >= 0.3 is 5.97 Å². The predicted molar refractivity (Wildman–Crippen MR) is 133 cm³/mol. The molecule has 2 aliphatic heterocycles. The smallest absolute Gasteiger partial charge is 0.325 e. The molecule has 0 spiro atoms. The van der Waals surface area contributed by atoms with Crippen molar-refractivity contribution in [2.75, 3.05) is 25.0 Å². The third-order valence-electron chi connectivity index (χ3n) is 6.68. The number of unbranched alkanes of at least 4 members (excludes halogenated alkanes) is 1. The second-order valence-corrected chi connectivity index (χ2v) is 10.7. The fourth-order valence-corrected chi connectivity index (χ4v) is 5.78. The van der Waals surface area contributed by atoms with Crippen molar-refractivity contribution in [3.8, 4) is 0 Å². The highest BCUT2D eigenvalue weighted by atomic mass is 127. The van der Waals surface area contributed by atoms with Crippen LogP contribution in [0.2, 0.25) is 0 Å². The number of nitrogens with zero attached hydrogens (tertiary/aromatic N) is 2. The Bertz CT molecular complexity index is 925. The Morgan fingerprint density at radius 1 is 1.28 bits per heavy atom. The van der Waals surface area contributed by atoms with Crippen molar-refractivity contribution in [2.24, 2.45) is 5.92 Å². The minimum atomic E-state index is -1.32. The van der Waals surface area contributed by atoms with Crippen LogP contribution in [0.4, 0.5) is 10.2 Å². The Balaban J connectivity index is 1.28. The van der Waals surface area contributed by atoms with Crippen molar-refractivity contribution >= 4 is 34.4 Å². The summed E-state index contributed by atoms with van der Waals surface area (Å²) in [6.07, 6.45) is 5.96. The van der Waals surface area contributed by atoms with E-state index < -0.39 is 15.7 Å². The number of carbonyl (C=O) groups is 1. The Morgan fingerprint density at radius 2 is 2.09 bits per heavy atom. The van der Waals surface area contributed by atoms with Crippen LogP contribution in [-0.2, 0) is 17.6 Å². The number of nitrogens with one attached hydrogen (secondary N) is 1. The minimum Gasteiger partial charge on any atom is -0.480 e. The molecule has 5 nitrogen and oxygen atoms in total. The van der Waals surface area contributed by atoms with Gasteiger partial charge in [-0.3, -0.25) is 9.69 Å². The van der Waals surface area contributed by atoms with Gasteiger partial charge in [0, 0.05) is 24.7 Å². The molecule has 3 heterocycles. The lowest BCUT2D eigenvalue weighted by Gasteiger charge is -2.28. The lowest BCUT2D eigenvalue weighted by Crippen LogP contribution is -2.35. The van der Waals surface area contributed by atoms with E-state index in [1.165, 1.54) is 5.56 Å². The number of hydrogen-bond acceptors (Lipinski definition) is 4. The monoisotopic (exact) mass is 551 g/mol. The number of carboxylic acid groups (broad SMARTS) is 1. The number of halogens is 2. The zero-order chi connectivity index (χ0) is 22.6. The van der Waals surface area contributed by atoms with Crippen molar-refractivity contribution in [2.45, 2.75) is 54.7 Å². The third-order valence-corrected chi connectivity index (χ3v) is 8.10. The summed E-state index contributed by atoms with van der Waals surface area (Å²) < 4.78 is 14.3. The van der Waals surface area contributed by atoms with Crippen LogP contribution < -0.4 is 5.32 Å². The number of alkyl halides is 2. The molecule has 1 saturated heterocycles. The molecule has 0 radical (unpaired) electrons. The van der Waals surface area contributed by atoms with Gasteiger partial charge in [-0.25, -0.2) is 9.37 Å². The van der Waals surface area contributed by atoms with E-state index in [1.807, 2.05) is 57.8 Å². The van der Waals surface area contributed by atoms with E-state index in [-0.39, 0.29) is 5.92 Å². The van der Waals surface area contributed by atoms with Crippen molar-refractivity contribution in [3.63, 3.8) is 0 Å². The molecule has 2 unspecified atom stereocenters. The van der Waals surface area contributed by atoms with Gasteiger partial charge in [0.05, 0.1) is 0 Å². The first kappa shape index (κ1) is 23.4. The van der Waals surface area contributed by atoms with E-state index in [1.54, 1.807) is 0 Å². The molecule has 0 amide bonds. The van der Waals surface area contributed by atoms with Crippen LogP contribution in [0, 0.1) is 5.92 Å². The summed E-state index contributed by atoms with van der Waals surface area (Å²) in [7, 11) is 0. The van der Waals surface area contributed by atoms with Gasteiger partial charge in [0.1, 0.15) is 11.9 Å². The standard InChI is InChI=1S/C25H31FIN3O2/c26-25(27,14-5-4-10-21-12-11-19-9-6-15-28-23(19)29-21)20-13-16-30(17-20)22(24(31)32)18-7-2-1-3-8-18/h1-3,7-8,11-12,20,22H,4-6,9-10,13-17H2,(H,28,29)(H,31,32)/t20?,22-,25?/m0/s1. The molecule has 0 saturated carbocycles. The number of likely N-dealkylation sites (tertiary alicyclic amines) is 1. The number of anilines is 1. The molecule has 32 heavy (non-hydrogen) atoms. The molecule has 7 heteroatoms. The fraction of sp³-hybridized carbons (Fsp3) is 0.520. The van der Waals surface area contributed by atoms with Crippen LogP contribution in [-0.4, -0.2) is 44.3 Å². The predicted octanol–water partition coefficient (Wildman–Crippen LogP) is 5.40. The van der Waals surface area contributed by atoms with E-state index in [9.17, 15) is 9.90 Å². The number of benzene rings is 1. The molecule has 1 fully saturated rings. The van der Waals surface area contributed by atoms with E-state index in [2.05, 4.69) is 17.4 Å². The molecule has 172 valence electrons. The third kappa shape index (κ3) is 5.60. The van der Waals surface area contributed by atoms with Gasteiger partial charge in [0.25, 0.3) is 0 Å². The topological polar surface area (TPSA) is 65.5 Å². The maximum atomic E-state index is 15.6. The van der Waals surface area contributed by atoms with Crippen molar-refractivity contribution in [1.82, 2.24) is 9.88 Å². The molecule has 1 aromatic heterocycles. The van der Waals surface area contributed by atoms with Crippen LogP contribution >= 0.6 is 22.6 Å². The molecule has 0 bridgehead atoms. The summed E-state index contributed by atoms with van der Waals surface area (Å²) in [5.41, 5.74) is 3.11. The molecule has 2 aliphatic rings. The largest absolute Gasteiger partial charge is 0.480 e. The summed E-state index contributed by atoms with van der Waals surface area (Å²) in [6, 6.07) is 12.8. The average Bonchev–Trinajstić information content (AvgIpc) is 3.28. The minimum absolute atomic E-state index is 0.153. The van der Waals surface area contributed by atoms with Gasteiger partial charge in [-0.1, -0.05) is 36.4 Å². The summed E-state index contributed by atoms with van der Waals surface area (Å²) in [6.45, 7) is 2.06. The van der Waals surface area contributed by atoms with Gasteiger partial charge in [0.15, 0.2) is 3.68 Å². The molecule has 4 rings (SSSR count). The van der Waals surface area contributed by atoms with Gasteiger partial charge in [-0.15, -0.1) is 0 Å². The number of rotatable bonds is 9. The number of fused-ring (bicyclic) bond motifs is 1. The van der Waals surface area contributed by atoms with Gasteiger partial charge in [-0.05, 0) is 91.3 Å². The van der Waals surface area contributed by atoms with Crippen molar-refractivity contribution in [1.29, 1.82) is 0 Å². The summed E-state index contributed by atoms with van der Waals surface area (Å²) in [4.78, 5) is 18.6. The van der Waals surface area contributed by atoms with E-state index >= 15 is 4.39 Å². The quantitative estimate of drug-likeness (QED) is 0.248. The van der Waals surface area contributed by atoms with Crippen LogP contribution in [0.5, 0.6) is 0 Å². The van der Waals surface area contributed by atoms with E-state index in [0.29, 0.717) is 25.9 Å². The van der Waals surface area contributed by atoms with Crippen LogP contribution in [0.25, 0.3) is 0 Å². The Morgan fingerprint density at radius 3 is 2.88 bits per heavy atom. The summed E-state index contributed by atoms with van der Waals surface area (Å²) in [5.74, 6) is -0.0125. The lowest BCUT2D eigenvalue weighted by molar-refractivity contribution is -0.143. The molecule has 2 aromatic rings. The van der Waals surface area contributed by atoms with Gasteiger partial charge < -0.3 is 10.4 Å². The zero-order valence-corrected chi connectivity index (χ0v) is 20.4. The number of carboxylic acids is 1. The molecular formula is C25H31FIN3O2. The molecule has 2 N–H and O–H groups in total.